The van der Waals surface area contributed by atoms with E-state index in [0.29, 0.717) is 28.0 Å². The Labute approximate surface area is 170 Å². The van der Waals surface area contributed by atoms with Crippen LogP contribution in [0.1, 0.15) is 36.2 Å². The number of thioether (sulfide) groups is 1. The number of hydrogen-bond donors (Lipinski definition) is 1. The molecule has 0 unspecified atom stereocenters. The van der Waals surface area contributed by atoms with Crippen molar-refractivity contribution in [3.05, 3.63) is 64.6 Å². The summed E-state index contributed by atoms with van der Waals surface area (Å²) < 4.78 is 0. The number of fused-ring (bicyclic) bond motifs is 1. The average Bonchev–Trinajstić information content (AvgIpc) is 2.68. The van der Waals surface area contributed by atoms with Crippen LogP contribution in [0.3, 0.4) is 0 Å². The molecular formula is C23H24N2O2S. The maximum atomic E-state index is 13.0. The molecule has 144 valence electrons. The Morgan fingerprint density at radius 3 is 2.54 bits per heavy atom. The van der Waals surface area contributed by atoms with E-state index in [1.807, 2.05) is 59.5 Å². The quantitative estimate of drug-likeness (QED) is 0.740. The summed E-state index contributed by atoms with van der Waals surface area (Å²) in [6.07, 6.45) is 3.05. The monoisotopic (exact) mass is 392 g/mol. The number of benzene rings is 2. The van der Waals surface area contributed by atoms with Gasteiger partial charge in [0.25, 0.3) is 11.8 Å². The first-order valence-corrected chi connectivity index (χ1v) is 10.5. The first-order valence-electron chi connectivity index (χ1n) is 9.69. The molecule has 2 aromatic rings. The van der Waals surface area contributed by atoms with Gasteiger partial charge >= 0.3 is 0 Å². The van der Waals surface area contributed by atoms with Gasteiger partial charge in [-0.3, -0.25) is 9.59 Å². The molecule has 2 amide bonds. The average molecular weight is 393 g/mol. The van der Waals surface area contributed by atoms with Crippen LogP contribution in [-0.2, 0) is 4.79 Å². The van der Waals surface area contributed by atoms with Crippen molar-refractivity contribution in [2.24, 2.45) is 11.8 Å². The van der Waals surface area contributed by atoms with E-state index in [2.05, 4.69) is 19.2 Å². The SMILES string of the molecule is C[C@H]1C[C@H](C)CN(C(=O)c2ccc3c(c2)NC(=O)/C(=C/c2ccccc2)S3)C1. The maximum Gasteiger partial charge on any atom is 0.262 e. The third-order valence-corrected chi connectivity index (χ3v) is 6.27. The van der Waals surface area contributed by atoms with E-state index >= 15 is 0 Å². The summed E-state index contributed by atoms with van der Waals surface area (Å²) >= 11 is 1.44. The van der Waals surface area contributed by atoms with Crippen LogP contribution >= 0.6 is 11.8 Å². The zero-order valence-electron chi connectivity index (χ0n) is 16.1. The van der Waals surface area contributed by atoms with Crippen molar-refractivity contribution in [3.63, 3.8) is 0 Å². The highest BCUT2D eigenvalue weighted by atomic mass is 32.2. The summed E-state index contributed by atoms with van der Waals surface area (Å²) in [4.78, 5) is 29.0. The van der Waals surface area contributed by atoms with Gasteiger partial charge in [0.1, 0.15) is 0 Å². The number of nitrogens with zero attached hydrogens (tertiary/aromatic N) is 1. The van der Waals surface area contributed by atoms with Crippen LogP contribution in [0.25, 0.3) is 6.08 Å². The fraction of sp³-hybridized carbons (Fsp3) is 0.304. The second-order valence-electron chi connectivity index (χ2n) is 7.84. The molecule has 28 heavy (non-hydrogen) atoms. The summed E-state index contributed by atoms with van der Waals surface area (Å²) in [6.45, 7) is 5.98. The number of nitrogens with one attached hydrogen (secondary N) is 1. The Bertz CT molecular complexity index is 929. The zero-order valence-corrected chi connectivity index (χ0v) is 17.0. The molecule has 0 aliphatic carbocycles. The molecule has 2 aliphatic rings. The fourth-order valence-corrected chi connectivity index (χ4v) is 4.94. The number of likely N-dealkylation sites (tertiary alicyclic amines) is 1. The number of piperidine rings is 1. The normalized spacial score (nSPS) is 23.3. The predicted molar refractivity (Wildman–Crippen MR) is 114 cm³/mol. The van der Waals surface area contributed by atoms with Crippen molar-refractivity contribution in [1.82, 2.24) is 4.90 Å². The van der Waals surface area contributed by atoms with Crippen LogP contribution in [0.15, 0.2) is 58.3 Å². The van der Waals surface area contributed by atoms with Crippen LogP contribution in [0.5, 0.6) is 0 Å². The molecule has 4 rings (SSSR count). The van der Waals surface area contributed by atoms with Crippen LogP contribution in [0.4, 0.5) is 5.69 Å². The van der Waals surface area contributed by atoms with Gasteiger partial charge in [-0.25, -0.2) is 0 Å². The summed E-state index contributed by atoms with van der Waals surface area (Å²) in [5.41, 5.74) is 2.34. The largest absolute Gasteiger partial charge is 0.338 e. The minimum atomic E-state index is -0.133. The highest BCUT2D eigenvalue weighted by molar-refractivity contribution is 8.04. The standard InChI is InChI=1S/C23H24N2O2S/c1-15-10-16(2)14-25(13-15)23(27)18-8-9-20-19(12-18)24-22(26)21(28-20)11-17-6-4-3-5-7-17/h3-9,11-12,15-16H,10,13-14H2,1-2H3,(H,24,26)/b21-11-/t15-,16-/m0/s1. The van der Waals surface area contributed by atoms with Crippen molar-refractivity contribution in [1.29, 1.82) is 0 Å². The molecule has 1 fully saturated rings. The van der Waals surface area contributed by atoms with E-state index in [4.69, 9.17) is 0 Å². The van der Waals surface area contributed by atoms with Crippen LogP contribution in [0.2, 0.25) is 0 Å². The van der Waals surface area contributed by atoms with Gasteiger partial charge in [-0.05, 0) is 48.1 Å². The molecule has 0 bridgehead atoms. The second kappa shape index (κ2) is 7.84. The molecule has 4 nitrogen and oxygen atoms in total. The van der Waals surface area contributed by atoms with Gasteiger partial charge in [-0.2, -0.15) is 0 Å². The first kappa shape index (κ1) is 18.8. The highest BCUT2D eigenvalue weighted by Gasteiger charge is 2.28. The van der Waals surface area contributed by atoms with Gasteiger partial charge in [0, 0.05) is 23.5 Å². The zero-order chi connectivity index (χ0) is 19.7. The molecule has 0 saturated carbocycles. The van der Waals surface area contributed by atoms with Crippen molar-refractivity contribution in [2.75, 3.05) is 18.4 Å². The number of carbonyl (C=O) groups is 2. The lowest BCUT2D eigenvalue weighted by Crippen LogP contribution is -2.42. The minimum Gasteiger partial charge on any atom is -0.338 e. The van der Waals surface area contributed by atoms with Crippen LogP contribution in [0, 0.1) is 11.8 Å². The lowest BCUT2D eigenvalue weighted by Gasteiger charge is -2.35. The molecule has 2 heterocycles. The topological polar surface area (TPSA) is 49.4 Å². The summed E-state index contributed by atoms with van der Waals surface area (Å²) in [6, 6.07) is 15.4. The third-order valence-electron chi connectivity index (χ3n) is 5.17. The Morgan fingerprint density at radius 2 is 1.82 bits per heavy atom. The van der Waals surface area contributed by atoms with Gasteiger partial charge < -0.3 is 10.2 Å². The lowest BCUT2D eigenvalue weighted by atomic mass is 9.91. The number of amides is 2. The Kier molecular flexibility index (Phi) is 5.27. The molecule has 2 atom stereocenters. The highest BCUT2D eigenvalue weighted by Crippen LogP contribution is 2.39. The van der Waals surface area contributed by atoms with E-state index in [9.17, 15) is 9.59 Å². The van der Waals surface area contributed by atoms with Crippen molar-refractivity contribution in [3.8, 4) is 0 Å². The molecule has 1 N–H and O–H groups in total. The summed E-state index contributed by atoms with van der Waals surface area (Å²) in [7, 11) is 0. The van der Waals surface area contributed by atoms with E-state index in [1.165, 1.54) is 11.8 Å². The summed E-state index contributed by atoms with van der Waals surface area (Å²) in [5, 5.41) is 2.95. The number of rotatable bonds is 2. The Balaban J connectivity index is 1.55. The van der Waals surface area contributed by atoms with Gasteiger partial charge in [0.15, 0.2) is 0 Å². The molecule has 0 spiro atoms. The van der Waals surface area contributed by atoms with Crippen LogP contribution < -0.4 is 5.32 Å². The van der Waals surface area contributed by atoms with Crippen molar-refractivity contribution in [2.45, 2.75) is 25.2 Å². The fourth-order valence-electron chi connectivity index (χ4n) is 4.01. The van der Waals surface area contributed by atoms with Crippen LogP contribution in [-0.4, -0.2) is 29.8 Å². The van der Waals surface area contributed by atoms with Gasteiger partial charge in [0.2, 0.25) is 0 Å². The van der Waals surface area contributed by atoms with Gasteiger partial charge in [-0.1, -0.05) is 55.9 Å². The Hall–Kier alpha value is -2.53. The molecule has 2 aromatic carbocycles. The summed E-state index contributed by atoms with van der Waals surface area (Å²) in [5.74, 6) is 0.953. The second-order valence-corrected chi connectivity index (χ2v) is 8.93. The molecule has 0 radical (unpaired) electrons. The maximum absolute atomic E-state index is 13.0. The molecule has 1 saturated heterocycles. The van der Waals surface area contributed by atoms with E-state index in [1.54, 1.807) is 0 Å². The number of carbonyl (C=O) groups excluding carboxylic acids is 2. The molecule has 0 aromatic heterocycles. The lowest BCUT2D eigenvalue weighted by molar-refractivity contribution is -0.112. The number of hydrogen-bond acceptors (Lipinski definition) is 3. The minimum absolute atomic E-state index is 0.0473. The van der Waals surface area contributed by atoms with E-state index in [-0.39, 0.29) is 11.8 Å². The first-order chi connectivity index (χ1) is 13.5. The predicted octanol–water partition coefficient (Wildman–Crippen LogP) is 4.89. The van der Waals surface area contributed by atoms with Gasteiger partial charge in [-0.15, -0.1) is 0 Å². The van der Waals surface area contributed by atoms with Gasteiger partial charge in [0.05, 0.1) is 10.6 Å². The van der Waals surface area contributed by atoms with Crippen molar-refractivity contribution >= 4 is 35.3 Å². The van der Waals surface area contributed by atoms with E-state index in [0.717, 1.165) is 30.0 Å². The number of anilines is 1. The molecule has 2 aliphatic heterocycles. The Morgan fingerprint density at radius 1 is 1.11 bits per heavy atom. The van der Waals surface area contributed by atoms with E-state index < -0.39 is 0 Å². The van der Waals surface area contributed by atoms with Crippen molar-refractivity contribution < 1.29 is 9.59 Å². The molecular weight excluding hydrogens is 368 g/mol. The third kappa shape index (κ3) is 3.99. The smallest absolute Gasteiger partial charge is 0.262 e. The molecule has 5 heteroatoms.